The van der Waals surface area contributed by atoms with Gasteiger partial charge in [-0.1, -0.05) is 12.1 Å². The molecule has 0 aliphatic carbocycles. The van der Waals surface area contributed by atoms with Crippen molar-refractivity contribution in [3.05, 3.63) is 59.8 Å². The molecule has 7 nitrogen and oxygen atoms in total. The predicted octanol–water partition coefficient (Wildman–Crippen LogP) is 2.87. The lowest BCUT2D eigenvalue weighted by Gasteiger charge is -2.06. The minimum Gasteiger partial charge on any atom is -0.419 e. The van der Waals surface area contributed by atoms with E-state index in [9.17, 15) is 22.0 Å². The molecule has 0 saturated carbocycles. The van der Waals surface area contributed by atoms with Crippen LogP contribution >= 0.6 is 0 Å². The Morgan fingerprint density at radius 3 is 2.37 bits per heavy atom. The number of sulfone groups is 1. The number of rotatable bonds is 5. The first-order valence-electron chi connectivity index (χ1n) is 7.49. The third kappa shape index (κ3) is 3.80. The van der Waals surface area contributed by atoms with E-state index in [1.54, 1.807) is 0 Å². The van der Waals surface area contributed by atoms with E-state index in [1.165, 1.54) is 30.3 Å². The number of halogens is 2. The topological polar surface area (TPSA) is 115 Å². The van der Waals surface area contributed by atoms with E-state index in [0.29, 0.717) is 0 Å². The number of hydrogen-bond donors (Lipinski definition) is 2. The number of oxazole rings is 1. The molecule has 140 valence electrons. The smallest absolute Gasteiger partial charge is 0.273 e. The molecule has 0 spiro atoms. The number of carbonyl (C=O) groups excluding carboxylic acids is 1. The van der Waals surface area contributed by atoms with Gasteiger partial charge in [0.1, 0.15) is 17.2 Å². The molecule has 0 fully saturated rings. The average molecular weight is 393 g/mol. The Labute approximate surface area is 152 Å². The first kappa shape index (κ1) is 18.5. The SMILES string of the molecule is CS(=O)(=O)c1cccc(Nc2oc(-c3c(F)cccc3F)nc2C(N)=O)c1. The zero-order valence-electron chi connectivity index (χ0n) is 13.9. The van der Waals surface area contributed by atoms with Crippen LogP contribution in [-0.2, 0) is 9.84 Å². The fourth-order valence-corrected chi connectivity index (χ4v) is 2.98. The van der Waals surface area contributed by atoms with Gasteiger partial charge in [-0.15, -0.1) is 0 Å². The van der Waals surface area contributed by atoms with Gasteiger partial charge in [0.25, 0.3) is 5.91 Å². The van der Waals surface area contributed by atoms with Crippen molar-refractivity contribution in [1.29, 1.82) is 0 Å². The lowest BCUT2D eigenvalue weighted by atomic mass is 10.2. The van der Waals surface area contributed by atoms with E-state index in [1.807, 2.05) is 0 Å². The molecule has 0 bridgehead atoms. The van der Waals surface area contributed by atoms with Crippen LogP contribution in [0.15, 0.2) is 51.8 Å². The number of nitrogens with one attached hydrogen (secondary N) is 1. The van der Waals surface area contributed by atoms with E-state index in [0.717, 1.165) is 18.4 Å². The summed E-state index contributed by atoms with van der Waals surface area (Å²) in [6, 6.07) is 8.84. The van der Waals surface area contributed by atoms with Crippen LogP contribution in [0.2, 0.25) is 0 Å². The maximum atomic E-state index is 13.9. The summed E-state index contributed by atoms with van der Waals surface area (Å²) in [7, 11) is -3.47. The molecular formula is C17H13F2N3O4S. The second kappa shape index (κ2) is 6.80. The highest BCUT2D eigenvalue weighted by atomic mass is 32.2. The number of aromatic nitrogens is 1. The largest absolute Gasteiger partial charge is 0.419 e. The minimum atomic E-state index is -3.47. The van der Waals surface area contributed by atoms with Crippen molar-refractivity contribution in [3.8, 4) is 11.5 Å². The number of carbonyl (C=O) groups is 1. The Balaban J connectivity index is 2.07. The molecule has 0 saturated heterocycles. The van der Waals surface area contributed by atoms with E-state index in [-0.39, 0.29) is 16.5 Å². The van der Waals surface area contributed by atoms with E-state index >= 15 is 0 Å². The molecule has 1 aromatic heterocycles. The number of benzene rings is 2. The molecule has 10 heteroatoms. The summed E-state index contributed by atoms with van der Waals surface area (Å²) >= 11 is 0. The third-order valence-corrected chi connectivity index (χ3v) is 4.67. The fraction of sp³-hybridized carbons (Fsp3) is 0.0588. The van der Waals surface area contributed by atoms with Crippen LogP contribution < -0.4 is 11.1 Å². The van der Waals surface area contributed by atoms with Crippen molar-refractivity contribution in [2.75, 3.05) is 11.6 Å². The number of primary amides is 1. The number of nitrogens with zero attached hydrogens (tertiary/aromatic N) is 1. The second-order valence-electron chi connectivity index (χ2n) is 5.58. The summed E-state index contributed by atoms with van der Waals surface area (Å²) in [4.78, 5) is 15.4. The van der Waals surface area contributed by atoms with E-state index in [4.69, 9.17) is 10.2 Å². The third-order valence-electron chi connectivity index (χ3n) is 3.56. The normalized spacial score (nSPS) is 11.4. The Hall–Kier alpha value is -3.27. The van der Waals surface area contributed by atoms with Gasteiger partial charge < -0.3 is 15.5 Å². The first-order chi connectivity index (χ1) is 12.7. The van der Waals surface area contributed by atoms with Gasteiger partial charge in [-0.3, -0.25) is 4.79 Å². The Morgan fingerprint density at radius 2 is 1.78 bits per heavy atom. The summed E-state index contributed by atoms with van der Waals surface area (Å²) in [5.74, 6) is -3.62. The molecule has 2 aromatic carbocycles. The molecule has 0 radical (unpaired) electrons. The van der Waals surface area contributed by atoms with Gasteiger partial charge in [0.2, 0.25) is 11.8 Å². The molecular weight excluding hydrogens is 380 g/mol. The van der Waals surface area contributed by atoms with Crippen molar-refractivity contribution < 1.29 is 26.4 Å². The van der Waals surface area contributed by atoms with Gasteiger partial charge in [0.05, 0.1) is 4.90 Å². The summed E-state index contributed by atoms with van der Waals surface area (Å²) < 4.78 is 56.5. The summed E-state index contributed by atoms with van der Waals surface area (Å²) in [6.45, 7) is 0. The van der Waals surface area contributed by atoms with Crippen LogP contribution in [0.4, 0.5) is 20.4 Å². The van der Waals surface area contributed by atoms with Crippen molar-refractivity contribution in [2.24, 2.45) is 5.73 Å². The van der Waals surface area contributed by atoms with Crippen LogP contribution in [0, 0.1) is 11.6 Å². The molecule has 3 rings (SSSR count). The highest BCUT2D eigenvalue weighted by Gasteiger charge is 2.23. The molecule has 3 aromatic rings. The standard InChI is InChI=1S/C17H13F2N3O4S/c1-27(24,25)10-5-2-4-9(8-10)21-17-14(15(20)23)22-16(26-17)13-11(18)6-3-7-12(13)19/h2-8,21H,1H3,(H2,20,23). The Bertz CT molecular complexity index is 1120. The molecule has 0 aliphatic heterocycles. The van der Waals surface area contributed by atoms with Crippen LogP contribution in [0.3, 0.4) is 0 Å². The van der Waals surface area contributed by atoms with Gasteiger partial charge >= 0.3 is 0 Å². The van der Waals surface area contributed by atoms with Gasteiger partial charge in [0.15, 0.2) is 15.5 Å². The van der Waals surface area contributed by atoms with Crippen LogP contribution in [0.25, 0.3) is 11.5 Å². The van der Waals surface area contributed by atoms with E-state index in [2.05, 4.69) is 10.3 Å². The monoisotopic (exact) mass is 393 g/mol. The second-order valence-corrected chi connectivity index (χ2v) is 7.60. The summed E-state index contributed by atoms with van der Waals surface area (Å²) in [5, 5.41) is 2.66. The Kier molecular flexibility index (Phi) is 4.66. The zero-order valence-corrected chi connectivity index (χ0v) is 14.7. The lowest BCUT2D eigenvalue weighted by molar-refractivity contribution is 0.0996. The average Bonchev–Trinajstić information content (AvgIpc) is 2.98. The van der Waals surface area contributed by atoms with Crippen LogP contribution in [0.1, 0.15) is 10.5 Å². The zero-order chi connectivity index (χ0) is 19.8. The highest BCUT2D eigenvalue weighted by molar-refractivity contribution is 7.90. The van der Waals surface area contributed by atoms with E-state index < -0.39 is 44.5 Å². The maximum absolute atomic E-state index is 13.9. The van der Waals surface area contributed by atoms with Crippen molar-refractivity contribution in [3.63, 3.8) is 0 Å². The van der Waals surface area contributed by atoms with Crippen LogP contribution in [-0.4, -0.2) is 25.6 Å². The molecule has 27 heavy (non-hydrogen) atoms. The minimum absolute atomic E-state index is 0.0213. The molecule has 3 N–H and O–H groups in total. The van der Waals surface area contributed by atoms with Gasteiger partial charge in [0, 0.05) is 11.9 Å². The highest BCUT2D eigenvalue weighted by Crippen LogP contribution is 2.31. The molecule has 1 amide bonds. The fourth-order valence-electron chi connectivity index (χ4n) is 2.32. The molecule has 0 unspecified atom stereocenters. The first-order valence-corrected chi connectivity index (χ1v) is 9.38. The summed E-state index contributed by atoms with van der Waals surface area (Å²) in [5.41, 5.74) is 4.55. The van der Waals surface area contributed by atoms with Crippen molar-refractivity contribution >= 4 is 27.3 Å². The lowest BCUT2D eigenvalue weighted by Crippen LogP contribution is -2.13. The molecule has 0 atom stereocenters. The molecule has 1 heterocycles. The number of hydrogen-bond acceptors (Lipinski definition) is 6. The summed E-state index contributed by atoms with van der Waals surface area (Å²) in [6.07, 6.45) is 1.04. The van der Waals surface area contributed by atoms with Crippen LogP contribution in [0.5, 0.6) is 0 Å². The van der Waals surface area contributed by atoms with Gasteiger partial charge in [-0.05, 0) is 30.3 Å². The number of nitrogens with two attached hydrogens (primary N) is 1. The van der Waals surface area contributed by atoms with Crippen molar-refractivity contribution in [2.45, 2.75) is 4.90 Å². The quantitative estimate of drug-likeness (QED) is 0.689. The molecule has 0 aliphatic rings. The number of amides is 1. The van der Waals surface area contributed by atoms with Gasteiger partial charge in [-0.25, -0.2) is 22.2 Å². The number of anilines is 2. The van der Waals surface area contributed by atoms with Gasteiger partial charge in [-0.2, -0.15) is 0 Å². The maximum Gasteiger partial charge on any atom is 0.273 e. The van der Waals surface area contributed by atoms with Crippen molar-refractivity contribution in [1.82, 2.24) is 4.98 Å². The Morgan fingerprint density at radius 1 is 1.15 bits per heavy atom. The predicted molar refractivity (Wildman–Crippen MR) is 93.2 cm³/mol.